The second-order valence-electron chi connectivity index (χ2n) is 4.23. The van der Waals surface area contributed by atoms with Crippen molar-refractivity contribution in [3.63, 3.8) is 0 Å². The van der Waals surface area contributed by atoms with E-state index in [2.05, 4.69) is 0 Å². The first-order chi connectivity index (χ1) is 7.49. The standard InChI is InChI=1S/C12H14F2N2/c1-7(15)3-8-6-16(2)12-10(8)4-9(13)5-11(12)14/h4-7H,3,15H2,1-2H3. The maximum atomic E-state index is 13.6. The number of aryl methyl sites for hydroxylation is 1. The average Bonchev–Trinajstić information content (AvgIpc) is 2.41. The van der Waals surface area contributed by atoms with Crippen LogP contribution in [0.4, 0.5) is 8.78 Å². The van der Waals surface area contributed by atoms with Gasteiger partial charge in [-0.3, -0.25) is 0 Å². The monoisotopic (exact) mass is 224 g/mol. The molecule has 1 unspecified atom stereocenters. The Morgan fingerprint density at radius 3 is 2.69 bits per heavy atom. The van der Waals surface area contributed by atoms with Crippen LogP contribution in [-0.4, -0.2) is 10.6 Å². The maximum absolute atomic E-state index is 13.6. The molecule has 0 aliphatic carbocycles. The Kier molecular flexibility index (Phi) is 2.68. The van der Waals surface area contributed by atoms with Crippen molar-refractivity contribution in [3.05, 3.63) is 35.5 Å². The fraction of sp³-hybridized carbons (Fsp3) is 0.333. The second kappa shape index (κ2) is 3.87. The number of fused-ring (bicyclic) bond motifs is 1. The molecular formula is C12H14F2N2. The van der Waals surface area contributed by atoms with Crippen LogP contribution >= 0.6 is 0 Å². The van der Waals surface area contributed by atoms with Gasteiger partial charge in [-0.1, -0.05) is 0 Å². The highest BCUT2D eigenvalue weighted by Crippen LogP contribution is 2.25. The molecule has 0 amide bonds. The molecule has 1 aromatic carbocycles. The van der Waals surface area contributed by atoms with Crippen molar-refractivity contribution >= 4 is 10.9 Å². The van der Waals surface area contributed by atoms with E-state index in [0.717, 1.165) is 11.6 Å². The van der Waals surface area contributed by atoms with Gasteiger partial charge >= 0.3 is 0 Å². The van der Waals surface area contributed by atoms with Crippen molar-refractivity contribution in [1.82, 2.24) is 4.57 Å². The van der Waals surface area contributed by atoms with E-state index in [1.54, 1.807) is 17.8 Å². The lowest BCUT2D eigenvalue weighted by atomic mass is 10.1. The fourth-order valence-corrected chi connectivity index (χ4v) is 2.05. The SMILES string of the molecule is CC(N)Cc1cn(C)c2c(F)cc(F)cc12. The zero-order valence-corrected chi connectivity index (χ0v) is 9.30. The molecule has 86 valence electrons. The summed E-state index contributed by atoms with van der Waals surface area (Å²) in [5.74, 6) is -1.09. The van der Waals surface area contributed by atoms with E-state index in [0.29, 0.717) is 17.3 Å². The zero-order valence-electron chi connectivity index (χ0n) is 9.30. The van der Waals surface area contributed by atoms with E-state index in [9.17, 15) is 8.78 Å². The van der Waals surface area contributed by atoms with Crippen LogP contribution in [0.15, 0.2) is 18.3 Å². The normalized spacial score (nSPS) is 13.3. The van der Waals surface area contributed by atoms with Crippen LogP contribution in [0, 0.1) is 11.6 Å². The molecule has 0 aliphatic heterocycles. The molecule has 2 aromatic rings. The minimum absolute atomic E-state index is 0.0306. The molecule has 0 bridgehead atoms. The lowest BCUT2D eigenvalue weighted by molar-refractivity contribution is 0.588. The van der Waals surface area contributed by atoms with Crippen molar-refractivity contribution < 1.29 is 8.78 Å². The van der Waals surface area contributed by atoms with Gasteiger partial charge in [0.2, 0.25) is 0 Å². The summed E-state index contributed by atoms with van der Waals surface area (Å²) in [6.07, 6.45) is 2.41. The Hall–Kier alpha value is -1.42. The number of aromatic nitrogens is 1. The number of halogens is 2. The predicted octanol–water partition coefficient (Wildman–Crippen LogP) is 2.35. The van der Waals surface area contributed by atoms with Gasteiger partial charge in [-0.05, 0) is 25.0 Å². The molecule has 0 saturated heterocycles. The number of rotatable bonds is 2. The highest BCUT2D eigenvalue weighted by molar-refractivity contribution is 5.84. The molecule has 4 heteroatoms. The molecule has 1 atom stereocenters. The summed E-state index contributed by atoms with van der Waals surface area (Å²) in [4.78, 5) is 0. The summed E-state index contributed by atoms with van der Waals surface area (Å²) in [7, 11) is 1.74. The van der Waals surface area contributed by atoms with Crippen molar-refractivity contribution in [1.29, 1.82) is 0 Å². The molecule has 1 aromatic heterocycles. The Balaban J connectivity index is 2.68. The van der Waals surface area contributed by atoms with Crippen LogP contribution in [0.3, 0.4) is 0 Å². The third-order valence-electron chi connectivity index (χ3n) is 2.62. The third kappa shape index (κ3) is 1.80. The first-order valence-corrected chi connectivity index (χ1v) is 5.17. The molecule has 0 aliphatic rings. The lowest BCUT2D eigenvalue weighted by Gasteiger charge is -2.03. The molecule has 0 saturated carbocycles. The summed E-state index contributed by atoms with van der Waals surface area (Å²) >= 11 is 0. The van der Waals surface area contributed by atoms with E-state index < -0.39 is 11.6 Å². The summed E-state index contributed by atoms with van der Waals surface area (Å²) < 4.78 is 28.4. The van der Waals surface area contributed by atoms with Crippen LogP contribution < -0.4 is 5.73 Å². The number of nitrogens with two attached hydrogens (primary N) is 1. The molecule has 16 heavy (non-hydrogen) atoms. The van der Waals surface area contributed by atoms with E-state index in [-0.39, 0.29) is 6.04 Å². The molecule has 2 rings (SSSR count). The van der Waals surface area contributed by atoms with Crippen LogP contribution in [0.1, 0.15) is 12.5 Å². The van der Waals surface area contributed by atoms with Gasteiger partial charge in [-0.25, -0.2) is 8.78 Å². The van der Waals surface area contributed by atoms with Crippen LogP contribution in [0.25, 0.3) is 10.9 Å². The number of hydrogen-bond donors (Lipinski definition) is 1. The van der Waals surface area contributed by atoms with E-state index in [1.165, 1.54) is 6.07 Å². The average molecular weight is 224 g/mol. The molecule has 0 radical (unpaired) electrons. The van der Waals surface area contributed by atoms with Gasteiger partial charge in [0, 0.05) is 30.7 Å². The van der Waals surface area contributed by atoms with Crippen molar-refractivity contribution in [2.45, 2.75) is 19.4 Å². The first kappa shape index (κ1) is 11.1. The van der Waals surface area contributed by atoms with Gasteiger partial charge in [0.25, 0.3) is 0 Å². The predicted molar refractivity (Wildman–Crippen MR) is 60.2 cm³/mol. The quantitative estimate of drug-likeness (QED) is 0.834. The molecular weight excluding hydrogens is 210 g/mol. The second-order valence-corrected chi connectivity index (χ2v) is 4.23. The highest BCUT2D eigenvalue weighted by atomic mass is 19.1. The lowest BCUT2D eigenvalue weighted by Crippen LogP contribution is -2.17. The van der Waals surface area contributed by atoms with Gasteiger partial charge < -0.3 is 10.3 Å². The Morgan fingerprint density at radius 1 is 1.38 bits per heavy atom. The molecule has 0 fully saturated rings. The van der Waals surface area contributed by atoms with Gasteiger partial charge in [-0.2, -0.15) is 0 Å². The maximum Gasteiger partial charge on any atom is 0.150 e. The highest BCUT2D eigenvalue weighted by Gasteiger charge is 2.13. The first-order valence-electron chi connectivity index (χ1n) is 5.17. The largest absolute Gasteiger partial charge is 0.348 e. The summed E-state index contributed by atoms with van der Waals surface area (Å²) in [5.41, 5.74) is 7.01. The number of nitrogens with zero attached hydrogens (tertiary/aromatic N) is 1. The fourth-order valence-electron chi connectivity index (χ4n) is 2.05. The Labute approximate surface area is 92.7 Å². The molecule has 1 heterocycles. The van der Waals surface area contributed by atoms with Gasteiger partial charge in [-0.15, -0.1) is 0 Å². The van der Waals surface area contributed by atoms with Crippen molar-refractivity contribution in [2.24, 2.45) is 12.8 Å². The van der Waals surface area contributed by atoms with Gasteiger partial charge in [0.05, 0.1) is 5.52 Å². The molecule has 0 spiro atoms. The zero-order chi connectivity index (χ0) is 11.9. The van der Waals surface area contributed by atoms with Crippen LogP contribution in [0.2, 0.25) is 0 Å². The Morgan fingerprint density at radius 2 is 2.06 bits per heavy atom. The van der Waals surface area contributed by atoms with E-state index in [4.69, 9.17) is 5.73 Å². The van der Waals surface area contributed by atoms with Gasteiger partial charge in [0.1, 0.15) is 11.6 Å². The minimum atomic E-state index is -0.554. The van der Waals surface area contributed by atoms with Crippen LogP contribution in [0.5, 0.6) is 0 Å². The molecule has 2 nitrogen and oxygen atoms in total. The van der Waals surface area contributed by atoms with Crippen molar-refractivity contribution in [2.75, 3.05) is 0 Å². The number of benzene rings is 1. The minimum Gasteiger partial charge on any atom is -0.348 e. The molecule has 2 N–H and O–H groups in total. The van der Waals surface area contributed by atoms with Crippen molar-refractivity contribution in [3.8, 4) is 0 Å². The van der Waals surface area contributed by atoms with E-state index >= 15 is 0 Å². The summed E-state index contributed by atoms with van der Waals surface area (Å²) in [6, 6.07) is 2.23. The summed E-state index contributed by atoms with van der Waals surface area (Å²) in [5, 5.41) is 0.609. The van der Waals surface area contributed by atoms with E-state index in [1.807, 2.05) is 6.92 Å². The van der Waals surface area contributed by atoms with Crippen LogP contribution in [-0.2, 0) is 13.5 Å². The topological polar surface area (TPSA) is 30.9 Å². The third-order valence-corrected chi connectivity index (χ3v) is 2.62. The Bertz CT molecular complexity index is 529. The summed E-state index contributed by atoms with van der Waals surface area (Å²) in [6.45, 7) is 1.87. The number of hydrogen-bond acceptors (Lipinski definition) is 1. The smallest absolute Gasteiger partial charge is 0.150 e. The van der Waals surface area contributed by atoms with Gasteiger partial charge in [0.15, 0.2) is 0 Å².